The first-order valence-corrected chi connectivity index (χ1v) is 13.1. The number of nitrogens with two attached hydrogens (primary N) is 2. The summed E-state index contributed by atoms with van der Waals surface area (Å²) in [5, 5.41) is 0. The summed E-state index contributed by atoms with van der Waals surface area (Å²) in [6, 6.07) is 35.5. The van der Waals surface area contributed by atoms with E-state index in [4.69, 9.17) is 20.5 Å². The zero-order chi connectivity index (χ0) is 24.5. The molecule has 4 aromatic rings. The predicted molar refractivity (Wildman–Crippen MR) is 146 cm³/mol. The molecule has 0 fully saturated rings. The molecule has 0 heterocycles. The van der Waals surface area contributed by atoms with E-state index in [1.54, 1.807) is 0 Å². The lowest BCUT2D eigenvalue weighted by Crippen LogP contribution is -2.21. The van der Waals surface area contributed by atoms with Gasteiger partial charge in [0, 0.05) is 4.90 Å². The Hall–Kier alpha value is -3.51. The second kappa shape index (κ2) is 12.3. The van der Waals surface area contributed by atoms with Crippen LogP contribution in [0.1, 0.15) is 16.9 Å². The minimum absolute atomic E-state index is 0.0180. The number of para-hydroxylation sites is 2. The van der Waals surface area contributed by atoms with E-state index in [0.29, 0.717) is 5.69 Å². The minimum atomic E-state index is -1.50. The summed E-state index contributed by atoms with van der Waals surface area (Å²) in [4.78, 5) is 5.22. The number of hydrogen-bond donors (Lipinski definition) is 3. The van der Waals surface area contributed by atoms with Crippen molar-refractivity contribution in [1.29, 1.82) is 0 Å². The largest absolute Gasteiger partial charge is 0.437 e. The van der Waals surface area contributed by atoms with Crippen LogP contribution in [-0.4, -0.2) is 5.96 Å². The molecule has 5 N–H and O–H groups in total. The molecule has 6 nitrogen and oxygen atoms in total. The molecule has 178 valence electrons. The fourth-order valence-electron chi connectivity index (χ4n) is 3.14. The Labute approximate surface area is 211 Å². The third-order valence-corrected chi connectivity index (χ3v) is 7.53. The van der Waals surface area contributed by atoms with Crippen molar-refractivity contribution in [3.63, 3.8) is 0 Å². The van der Waals surface area contributed by atoms with Crippen molar-refractivity contribution in [3.05, 3.63) is 120 Å². The number of rotatable bonds is 10. The lowest BCUT2D eigenvalue weighted by molar-refractivity contribution is 0.472. The first-order valence-electron chi connectivity index (χ1n) is 11.0. The van der Waals surface area contributed by atoms with Gasteiger partial charge >= 0.3 is 8.38 Å². The molecule has 0 spiro atoms. The van der Waals surface area contributed by atoms with Crippen LogP contribution in [0.5, 0.6) is 11.5 Å². The SMILES string of the molecule is Cc1ccc(SNC(c2ccc(N=C(N)N)cc2)P(Oc2ccccc2)Oc2ccccc2)cc1. The van der Waals surface area contributed by atoms with Crippen molar-refractivity contribution in [2.24, 2.45) is 16.5 Å². The number of nitrogens with zero attached hydrogens (tertiary/aromatic N) is 1. The molecule has 0 saturated heterocycles. The van der Waals surface area contributed by atoms with Crippen molar-refractivity contribution in [2.45, 2.75) is 17.6 Å². The smallest absolute Gasteiger partial charge is 0.314 e. The summed E-state index contributed by atoms with van der Waals surface area (Å²) in [6.07, 6.45) is 0. The van der Waals surface area contributed by atoms with Crippen LogP contribution in [-0.2, 0) is 0 Å². The molecule has 0 aliphatic rings. The fourth-order valence-corrected chi connectivity index (χ4v) is 5.62. The average Bonchev–Trinajstić information content (AvgIpc) is 2.87. The quantitative estimate of drug-likeness (QED) is 0.0971. The Morgan fingerprint density at radius 3 is 1.83 bits per heavy atom. The molecule has 35 heavy (non-hydrogen) atoms. The standard InChI is InChI=1S/C27H27N4O2PS/c1-20-12-18-25(19-13-20)35-31-26(21-14-16-22(17-15-21)30-27(28)29)34(32-23-8-4-2-5-9-23)33-24-10-6-3-7-11-24/h2-19,26,31H,1H3,(H4,28,29,30). The lowest BCUT2D eigenvalue weighted by Gasteiger charge is -2.27. The monoisotopic (exact) mass is 502 g/mol. The normalized spacial score (nSPS) is 11.6. The molecular weight excluding hydrogens is 475 g/mol. The maximum atomic E-state index is 6.44. The molecule has 0 saturated carbocycles. The first-order chi connectivity index (χ1) is 17.1. The molecule has 0 aliphatic heterocycles. The van der Waals surface area contributed by atoms with Crippen LogP contribution in [0.25, 0.3) is 0 Å². The van der Waals surface area contributed by atoms with Gasteiger partial charge in [-0.3, -0.25) is 0 Å². The minimum Gasteiger partial charge on any atom is -0.437 e. The third-order valence-electron chi connectivity index (χ3n) is 4.86. The molecule has 8 heteroatoms. The van der Waals surface area contributed by atoms with Crippen molar-refractivity contribution in [2.75, 3.05) is 0 Å². The van der Waals surface area contributed by atoms with E-state index >= 15 is 0 Å². The number of benzene rings is 4. The molecule has 1 unspecified atom stereocenters. The van der Waals surface area contributed by atoms with Gasteiger partial charge in [0.15, 0.2) is 5.96 Å². The van der Waals surface area contributed by atoms with Gasteiger partial charge in [0.1, 0.15) is 17.3 Å². The second-order valence-corrected chi connectivity index (χ2v) is 10.0. The molecule has 1 atom stereocenters. The van der Waals surface area contributed by atoms with Gasteiger partial charge in [0.25, 0.3) is 0 Å². The van der Waals surface area contributed by atoms with Gasteiger partial charge in [-0.2, -0.15) is 0 Å². The van der Waals surface area contributed by atoms with Crippen LogP contribution in [0.2, 0.25) is 0 Å². The van der Waals surface area contributed by atoms with Gasteiger partial charge in [-0.15, -0.1) is 0 Å². The summed E-state index contributed by atoms with van der Waals surface area (Å²) in [5.74, 6) is 1.21. The number of aryl methyl sites for hydroxylation is 1. The lowest BCUT2D eigenvalue weighted by atomic mass is 10.2. The van der Waals surface area contributed by atoms with E-state index in [1.807, 2.05) is 84.9 Å². The Kier molecular flexibility index (Phi) is 8.63. The van der Waals surface area contributed by atoms with Gasteiger partial charge in [0.05, 0.1) is 5.69 Å². The molecule has 0 amide bonds. The number of nitrogens with one attached hydrogen (secondary N) is 1. The van der Waals surface area contributed by atoms with Crippen LogP contribution in [0.15, 0.2) is 119 Å². The van der Waals surface area contributed by atoms with Crippen molar-refractivity contribution in [1.82, 2.24) is 4.72 Å². The van der Waals surface area contributed by atoms with Gasteiger partial charge in [-0.25, -0.2) is 9.71 Å². The second-order valence-electron chi connectivity index (χ2n) is 7.66. The van der Waals surface area contributed by atoms with Crippen LogP contribution in [0, 0.1) is 6.92 Å². The first kappa shape index (κ1) is 24.6. The highest BCUT2D eigenvalue weighted by molar-refractivity contribution is 7.97. The molecule has 4 rings (SSSR count). The number of hydrogen-bond acceptors (Lipinski definition) is 5. The average molecular weight is 503 g/mol. The fraction of sp³-hybridized carbons (Fsp3) is 0.0741. The summed E-state index contributed by atoms with van der Waals surface area (Å²) < 4.78 is 16.5. The van der Waals surface area contributed by atoms with Gasteiger partial charge < -0.3 is 20.5 Å². The van der Waals surface area contributed by atoms with Gasteiger partial charge in [0.2, 0.25) is 0 Å². The Bertz CT molecular complexity index is 1180. The van der Waals surface area contributed by atoms with E-state index in [-0.39, 0.29) is 11.7 Å². The summed E-state index contributed by atoms with van der Waals surface area (Å²) >= 11 is 1.54. The topological polar surface area (TPSA) is 94.9 Å². The van der Waals surface area contributed by atoms with Crippen molar-refractivity contribution >= 4 is 32.0 Å². The Balaban J connectivity index is 1.67. The Morgan fingerprint density at radius 1 is 0.771 bits per heavy atom. The van der Waals surface area contributed by atoms with Crippen LogP contribution < -0.4 is 25.2 Å². The van der Waals surface area contributed by atoms with Crippen molar-refractivity contribution in [3.8, 4) is 11.5 Å². The zero-order valence-electron chi connectivity index (χ0n) is 19.2. The highest BCUT2D eigenvalue weighted by Gasteiger charge is 2.30. The summed E-state index contributed by atoms with van der Waals surface area (Å²) in [7, 11) is -1.50. The summed E-state index contributed by atoms with van der Waals surface area (Å²) in [5.41, 5.74) is 14.0. The van der Waals surface area contributed by atoms with Crippen LogP contribution in [0.4, 0.5) is 5.69 Å². The highest BCUT2D eigenvalue weighted by atomic mass is 32.2. The van der Waals surface area contributed by atoms with E-state index in [0.717, 1.165) is 22.0 Å². The summed E-state index contributed by atoms with van der Waals surface area (Å²) in [6.45, 7) is 2.07. The van der Waals surface area contributed by atoms with Crippen LogP contribution >= 0.6 is 20.3 Å². The van der Waals surface area contributed by atoms with E-state index in [2.05, 4.69) is 40.9 Å². The van der Waals surface area contributed by atoms with Crippen molar-refractivity contribution < 1.29 is 9.05 Å². The maximum absolute atomic E-state index is 6.44. The molecule has 0 bridgehead atoms. The maximum Gasteiger partial charge on any atom is 0.314 e. The molecule has 4 aromatic carbocycles. The van der Waals surface area contributed by atoms with Gasteiger partial charge in [-0.05, 0) is 73.0 Å². The molecular formula is C27H27N4O2PS. The van der Waals surface area contributed by atoms with E-state index in [9.17, 15) is 0 Å². The third kappa shape index (κ3) is 7.49. The van der Waals surface area contributed by atoms with E-state index < -0.39 is 8.38 Å². The highest BCUT2D eigenvalue weighted by Crippen LogP contribution is 2.52. The zero-order valence-corrected chi connectivity index (χ0v) is 21.0. The Morgan fingerprint density at radius 2 is 1.31 bits per heavy atom. The number of aliphatic imine (C=N–C) groups is 1. The number of guanidine groups is 1. The van der Waals surface area contributed by atoms with Crippen LogP contribution in [0.3, 0.4) is 0 Å². The van der Waals surface area contributed by atoms with Gasteiger partial charge in [-0.1, -0.05) is 66.2 Å². The molecule has 0 aromatic heterocycles. The molecule has 0 radical (unpaired) electrons. The predicted octanol–water partition coefficient (Wildman–Crippen LogP) is 6.67. The van der Waals surface area contributed by atoms with E-state index in [1.165, 1.54) is 17.5 Å². The molecule has 0 aliphatic carbocycles.